The van der Waals surface area contributed by atoms with Crippen LogP contribution in [0, 0.1) is 5.92 Å². The number of nitrogens with one attached hydrogen (secondary N) is 1. The number of hydrogen-bond donors (Lipinski definition) is 1. The van der Waals surface area contributed by atoms with Crippen molar-refractivity contribution in [3.8, 4) is 0 Å². The summed E-state index contributed by atoms with van der Waals surface area (Å²) in [4.78, 5) is 11.8. The minimum absolute atomic E-state index is 0.160. The van der Waals surface area contributed by atoms with Crippen molar-refractivity contribution in [2.75, 3.05) is 7.05 Å². The minimum Gasteiger partial charge on any atom is -0.313 e. The fourth-order valence-electron chi connectivity index (χ4n) is 1.66. The lowest BCUT2D eigenvalue weighted by Gasteiger charge is -2.04. The monoisotopic (exact) mass is 258 g/mol. The van der Waals surface area contributed by atoms with Crippen LogP contribution in [-0.4, -0.2) is 18.5 Å². The van der Waals surface area contributed by atoms with Crippen LogP contribution in [0.3, 0.4) is 0 Å². The Morgan fingerprint density at radius 3 is 2.68 bits per heavy atom. The number of allylic oxidation sites excluding steroid dienone is 2. The Kier molecular flexibility index (Phi) is 6.58. The molecule has 0 aliphatic carbocycles. The summed E-state index contributed by atoms with van der Waals surface area (Å²) in [6.45, 7) is 3.97. The van der Waals surface area contributed by atoms with Crippen LogP contribution in [0.5, 0.6) is 0 Å². The van der Waals surface area contributed by atoms with Crippen molar-refractivity contribution < 1.29 is 4.79 Å². The van der Waals surface area contributed by atoms with Crippen LogP contribution in [0.25, 0.3) is 0 Å². The molecule has 0 saturated heterocycles. The Labute approximate surface area is 115 Å². The molecule has 0 spiro atoms. The summed E-state index contributed by atoms with van der Waals surface area (Å²) in [5.74, 6) is 0.334. The van der Waals surface area contributed by atoms with Crippen LogP contribution in [0.2, 0.25) is 0 Å². The second-order valence-electron chi connectivity index (χ2n) is 4.58. The highest BCUT2D eigenvalue weighted by molar-refractivity contribution is 5.92. The van der Waals surface area contributed by atoms with Gasteiger partial charge in [-0.15, -0.1) is 0 Å². The van der Waals surface area contributed by atoms with Crippen LogP contribution in [0.15, 0.2) is 47.6 Å². The van der Waals surface area contributed by atoms with Crippen molar-refractivity contribution >= 4 is 11.5 Å². The van der Waals surface area contributed by atoms with Crippen molar-refractivity contribution in [3.05, 3.63) is 48.0 Å². The quantitative estimate of drug-likeness (QED) is 0.464. The van der Waals surface area contributed by atoms with E-state index >= 15 is 0 Å². The van der Waals surface area contributed by atoms with E-state index in [-0.39, 0.29) is 11.7 Å². The number of carbonyl (C=O) groups excluding carboxylic acids is 1. The maximum Gasteiger partial charge on any atom is 0.155 e. The molecule has 0 amide bonds. The van der Waals surface area contributed by atoms with Gasteiger partial charge >= 0.3 is 0 Å². The lowest BCUT2D eigenvalue weighted by Crippen LogP contribution is -2.09. The molecule has 0 radical (unpaired) electrons. The molecule has 1 unspecified atom stereocenters. The molecular formula is C16H22N2O. The SMILES string of the molecule is CN/N=C(\C)C(C)/C=C\C(=O)CCc1ccccc1. The molecule has 1 atom stereocenters. The number of ketones is 1. The van der Waals surface area contributed by atoms with E-state index in [2.05, 4.69) is 10.5 Å². The van der Waals surface area contributed by atoms with Gasteiger partial charge in [-0.2, -0.15) is 5.10 Å². The second-order valence-corrected chi connectivity index (χ2v) is 4.58. The summed E-state index contributed by atoms with van der Waals surface area (Å²) in [5.41, 5.74) is 4.92. The molecule has 3 nitrogen and oxygen atoms in total. The lowest BCUT2D eigenvalue weighted by atomic mass is 10.0. The zero-order valence-electron chi connectivity index (χ0n) is 11.9. The standard InChI is InChI=1S/C16H22N2O/c1-13(14(2)18-17-3)9-11-16(19)12-10-15-7-5-4-6-8-15/h4-9,11,13,17H,10,12H2,1-3H3/b11-9-,18-14+. The third kappa shape index (κ3) is 6.00. The number of hydrazone groups is 1. The van der Waals surface area contributed by atoms with E-state index in [4.69, 9.17) is 0 Å². The largest absolute Gasteiger partial charge is 0.313 e. The molecule has 1 aromatic carbocycles. The van der Waals surface area contributed by atoms with Gasteiger partial charge in [0.1, 0.15) is 0 Å². The van der Waals surface area contributed by atoms with E-state index in [1.54, 1.807) is 13.1 Å². The summed E-state index contributed by atoms with van der Waals surface area (Å²) in [6.07, 6.45) is 4.92. The van der Waals surface area contributed by atoms with Gasteiger partial charge in [0.25, 0.3) is 0 Å². The van der Waals surface area contributed by atoms with Crippen LogP contribution in [-0.2, 0) is 11.2 Å². The van der Waals surface area contributed by atoms with Gasteiger partial charge in [-0.3, -0.25) is 4.79 Å². The van der Waals surface area contributed by atoms with Gasteiger partial charge in [0.15, 0.2) is 5.78 Å². The number of benzene rings is 1. The van der Waals surface area contributed by atoms with Crippen LogP contribution in [0.4, 0.5) is 0 Å². The molecular weight excluding hydrogens is 236 g/mol. The first-order valence-corrected chi connectivity index (χ1v) is 6.59. The number of carbonyl (C=O) groups is 1. The molecule has 102 valence electrons. The molecule has 0 heterocycles. The minimum atomic E-state index is 0.160. The maximum atomic E-state index is 11.8. The van der Waals surface area contributed by atoms with Gasteiger partial charge in [0, 0.05) is 25.1 Å². The fourth-order valence-corrected chi connectivity index (χ4v) is 1.66. The Balaban J connectivity index is 2.41. The molecule has 0 aliphatic rings. The molecule has 0 saturated carbocycles. The van der Waals surface area contributed by atoms with Crippen LogP contribution in [0.1, 0.15) is 25.8 Å². The van der Waals surface area contributed by atoms with E-state index < -0.39 is 0 Å². The Hall–Kier alpha value is -1.90. The summed E-state index contributed by atoms with van der Waals surface area (Å²) < 4.78 is 0. The second kappa shape index (κ2) is 8.25. The number of hydrogen-bond acceptors (Lipinski definition) is 3. The van der Waals surface area contributed by atoms with Crippen LogP contribution < -0.4 is 5.43 Å². The predicted molar refractivity (Wildman–Crippen MR) is 80.2 cm³/mol. The molecule has 0 fully saturated rings. The average molecular weight is 258 g/mol. The van der Waals surface area contributed by atoms with E-state index in [0.29, 0.717) is 6.42 Å². The van der Waals surface area contributed by atoms with Gasteiger partial charge < -0.3 is 5.43 Å². The predicted octanol–water partition coefficient (Wildman–Crippen LogP) is 2.98. The molecule has 1 aromatic rings. The first kappa shape index (κ1) is 15.2. The van der Waals surface area contributed by atoms with Gasteiger partial charge in [-0.25, -0.2) is 0 Å². The first-order valence-electron chi connectivity index (χ1n) is 6.59. The fraction of sp³-hybridized carbons (Fsp3) is 0.375. The Bertz CT molecular complexity index is 449. The maximum absolute atomic E-state index is 11.8. The highest BCUT2D eigenvalue weighted by atomic mass is 16.1. The molecule has 3 heteroatoms. The molecule has 1 N–H and O–H groups in total. The van der Waals surface area contributed by atoms with Crippen molar-refractivity contribution in [2.24, 2.45) is 11.0 Å². The van der Waals surface area contributed by atoms with Crippen molar-refractivity contribution in [2.45, 2.75) is 26.7 Å². The molecule has 19 heavy (non-hydrogen) atoms. The van der Waals surface area contributed by atoms with Gasteiger partial charge in [0.05, 0.1) is 0 Å². The molecule has 1 rings (SSSR count). The van der Waals surface area contributed by atoms with E-state index in [9.17, 15) is 4.79 Å². The smallest absolute Gasteiger partial charge is 0.155 e. The Morgan fingerprint density at radius 2 is 2.05 bits per heavy atom. The third-order valence-electron chi connectivity index (χ3n) is 3.02. The number of nitrogens with zero attached hydrogens (tertiary/aromatic N) is 1. The van der Waals surface area contributed by atoms with Gasteiger partial charge in [0.2, 0.25) is 0 Å². The highest BCUT2D eigenvalue weighted by Crippen LogP contribution is 2.05. The molecule has 0 aromatic heterocycles. The zero-order chi connectivity index (χ0) is 14.1. The zero-order valence-corrected chi connectivity index (χ0v) is 11.9. The third-order valence-corrected chi connectivity index (χ3v) is 3.02. The van der Waals surface area contributed by atoms with Crippen molar-refractivity contribution in [1.29, 1.82) is 0 Å². The van der Waals surface area contributed by atoms with E-state index in [1.807, 2.05) is 50.3 Å². The average Bonchev–Trinajstić information content (AvgIpc) is 2.43. The first-order chi connectivity index (χ1) is 9.13. The van der Waals surface area contributed by atoms with E-state index in [1.165, 1.54) is 5.56 Å². The number of aryl methyl sites for hydroxylation is 1. The topological polar surface area (TPSA) is 41.5 Å². The van der Waals surface area contributed by atoms with Crippen molar-refractivity contribution in [1.82, 2.24) is 5.43 Å². The summed E-state index contributed by atoms with van der Waals surface area (Å²) >= 11 is 0. The summed E-state index contributed by atoms with van der Waals surface area (Å²) in [7, 11) is 1.77. The Morgan fingerprint density at radius 1 is 1.37 bits per heavy atom. The highest BCUT2D eigenvalue weighted by Gasteiger charge is 2.03. The molecule has 0 bridgehead atoms. The van der Waals surface area contributed by atoms with E-state index in [0.717, 1.165) is 12.1 Å². The van der Waals surface area contributed by atoms with Gasteiger partial charge in [-0.05, 0) is 25.0 Å². The summed E-state index contributed by atoms with van der Waals surface area (Å²) in [6, 6.07) is 10.1. The lowest BCUT2D eigenvalue weighted by molar-refractivity contribution is -0.114. The van der Waals surface area contributed by atoms with Crippen molar-refractivity contribution in [3.63, 3.8) is 0 Å². The number of rotatable bonds is 7. The molecule has 0 aliphatic heterocycles. The summed E-state index contributed by atoms with van der Waals surface area (Å²) in [5, 5.41) is 4.10. The van der Waals surface area contributed by atoms with Gasteiger partial charge in [-0.1, -0.05) is 43.3 Å². The van der Waals surface area contributed by atoms with Crippen LogP contribution >= 0.6 is 0 Å². The normalized spacial score (nSPS) is 13.5.